The topological polar surface area (TPSA) is 36.9 Å². The third-order valence-corrected chi connectivity index (χ3v) is 5.63. The fourth-order valence-electron chi connectivity index (χ4n) is 3.21. The Labute approximate surface area is 161 Å². The normalized spacial score (nSPS) is 16.8. The van der Waals surface area contributed by atoms with E-state index in [0.29, 0.717) is 0 Å². The highest BCUT2D eigenvalue weighted by molar-refractivity contribution is 9.10. The number of benzene rings is 1. The highest BCUT2D eigenvalue weighted by Gasteiger charge is 2.22. The van der Waals surface area contributed by atoms with Gasteiger partial charge in [0.15, 0.2) is 5.96 Å². The van der Waals surface area contributed by atoms with Crippen LogP contribution in [0.1, 0.15) is 38.7 Å². The molecular weight excluding hydrogens is 378 g/mol. The smallest absolute Gasteiger partial charge is 0.193 e. The van der Waals surface area contributed by atoms with Gasteiger partial charge in [0, 0.05) is 50.3 Å². The minimum absolute atomic E-state index is 0.0399. The van der Waals surface area contributed by atoms with E-state index >= 15 is 0 Å². The van der Waals surface area contributed by atoms with Crippen molar-refractivity contribution >= 4 is 21.9 Å². The summed E-state index contributed by atoms with van der Waals surface area (Å²) in [6, 6.07) is 8.57. The fraction of sp³-hybridized carbons (Fsp3) is 0.650. The predicted octanol–water partition coefficient (Wildman–Crippen LogP) is 4.05. The molecule has 0 saturated carbocycles. The maximum Gasteiger partial charge on any atom is 0.193 e. The van der Waals surface area contributed by atoms with E-state index < -0.39 is 0 Å². The number of hydrogen-bond acceptors (Lipinski definition) is 2. The molecule has 25 heavy (non-hydrogen) atoms. The molecular formula is C20H32BrN3O. The van der Waals surface area contributed by atoms with Gasteiger partial charge < -0.3 is 15.0 Å². The van der Waals surface area contributed by atoms with Gasteiger partial charge in [-0.25, -0.2) is 0 Å². The van der Waals surface area contributed by atoms with Gasteiger partial charge in [0.05, 0.1) is 0 Å². The van der Waals surface area contributed by atoms with Crippen LogP contribution in [0.5, 0.6) is 0 Å². The van der Waals surface area contributed by atoms with Crippen molar-refractivity contribution in [2.45, 2.75) is 38.5 Å². The Balaban J connectivity index is 1.84. The largest absolute Gasteiger partial charge is 0.381 e. The second kappa shape index (κ2) is 9.58. The van der Waals surface area contributed by atoms with Crippen molar-refractivity contribution in [2.24, 2.45) is 10.9 Å². The molecule has 1 aliphatic rings. The van der Waals surface area contributed by atoms with Crippen LogP contribution in [0, 0.1) is 5.92 Å². The van der Waals surface area contributed by atoms with E-state index in [4.69, 9.17) is 4.74 Å². The molecule has 0 amide bonds. The van der Waals surface area contributed by atoms with Crippen molar-refractivity contribution in [3.8, 4) is 0 Å². The first kappa shape index (κ1) is 20.2. The van der Waals surface area contributed by atoms with Crippen molar-refractivity contribution in [1.82, 2.24) is 10.2 Å². The number of ether oxygens (including phenoxy) is 1. The summed E-state index contributed by atoms with van der Waals surface area (Å²) in [6.45, 7) is 8.24. The average Bonchev–Trinajstić information content (AvgIpc) is 2.61. The zero-order valence-corrected chi connectivity index (χ0v) is 17.6. The highest BCUT2D eigenvalue weighted by Crippen LogP contribution is 2.24. The number of aliphatic imine (C=N–C) groups is 1. The van der Waals surface area contributed by atoms with Gasteiger partial charge in [0.1, 0.15) is 0 Å². The van der Waals surface area contributed by atoms with E-state index in [-0.39, 0.29) is 5.41 Å². The van der Waals surface area contributed by atoms with Crippen molar-refractivity contribution in [2.75, 3.05) is 40.4 Å². The summed E-state index contributed by atoms with van der Waals surface area (Å²) < 4.78 is 6.56. The number of halogens is 1. The molecule has 1 aromatic rings. The van der Waals surface area contributed by atoms with Gasteiger partial charge in [-0.05, 0) is 42.9 Å². The molecule has 0 spiro atoms. The Morgan fingerprint density at radius 3 is 2.52 bits per heavy atom. The van der Waals surface area contributed by atoms with E-state index in [1.165, 1.54) is 24.8 Å². The first-order chi connectivity index (χ1) is 11.9. The first-order valence-electron chi connectivity index (χ1n) is 9.18. The van der Waals surface area contributed by atoms with Gasteiger partial charge in [0.2, 0.25) is 0 Å². The number of guanidine groups is 1. The summed E-state index contributed by atoms with van der Waals surface area (Å²) in [5, 5.41) is 3.55. The summed E-state index contributed by atoms with van der Waals surface area (Å²) in [4.78, 5) is 6.71. The van der Waals surface area contributed by atoms with Crippen LogP contribution >= 0.6 is 15.9 Å². The van der Waals surface area contributed by atoms with E-state index in [2.05, 4.69) is 76.3 Å². The molecule has 1 fully saturated rings. The van der Waals surface area contributed by atoms with Gasteiger partial charge >= 0.3 is 0 Å². The molecule has 0 bridgehead atoms. The van der Waals surface area contributed by atoms with E-state index in [9.17, 15) is 0 Å². The molecule has 1 aromatic carbocycles. The zero-order chi connectivity index (χ0) is 18.3. The number of nitrogens with zero attached hydrogens (tertiary/aromatic N) is 2. The lowest BCUT2D eigenvalue weighted by Gasteiger charge is -2.30. The molecule has 1 heterocycles. The summed E-state index contributed by atoms with van der Waals surface area (Å²) in [7, 11) is 3.99. The molecule has 0 unspecified atom stereocenters. The van der Waals surface area contributed by atoms with Crippen LogP contribution in [-0.4, -0.2) is 51.3 Å². The van der Waals surface area contributed by atoms with Crippen LogP contribution in [0.15, 0.2) is 33.7 Å². The number of nitrogens with one attached hydrogen (secondary N) is 1. The summed E-state index contributed by atoms with van der Waals surface area (Å²) in [5.74, 6) is 1.76. The van der Waals surface area contributed by atoms with Crippen molar-refractivity contribution in [3.63, 3.8) is 0 Å². The van der Waals surface area contributed by atoms with Gasteiger partial charge in [-0.3, -0.25) is 4.99 Å². The van der Waals surface area contributed by atoms with Crippen LogP contribution < -0.4 is 5.32 Å². The minimum atomic E-state index is 0.0399. The lowest BCUT2D eigenvalue weighted by atomic mass is 9.85. The van der Waals surface area contributed by atoms with E-state index in [0.717, 1.165) is 42.7 Å². The second-order valence-electron chi connectivity index (χ2n) is 7.56. The molecule has 0 aromatic heterocycles. The summed E-state index contributed by atoms with van der Waals surface area (Å²) >= 11 is 3.51. The van der Waals surface area contributed by atoms with Gasteiger partial charge in [-0.1, -0.05) is 41.9 Å². The molecule has 1 saturated heterocycles. The maximum absolute atomic E-state index is 5.45. The Bertz CT molecular complexity index is 551. The molecule has 2 rings (SSSR count). The molecule has 0 atom stereocenters. The maximum atomic E-state index is 5.45. The predicted molar refractivity (Wildman–Crippen MR) is 109 cm³/mol. The highest BCUT2D eigenvalue weighted by atomic mass is 79.9. The number of rotatable bonds is 6. The Hall–Kier alpha value is -1.07. The second-order valence-corrected chi connectivity index (χ2v) is 8.47. The molecule has 4 nitrogen and oxygen atoms in total. The van der Waals surface area contributed by atoms with Crippen LogP contribution in [-0.2, 0) is 10.2 Å². The quantitative estimate of drug-likeness (QED) is 0.568. The van der Waals surface area contributed by atoms with Gasteiger partial charge in [0.25, 0.3) is 0 Å². The minimum Gasteiger partial charge on any atom is -0.381 e. The Morgan fingerprint density at radius 1 is 1.28 bits per heavy atom. The molecule has 0 radical (unpaired) electrons. The number of hydrogen-bond donors (Lipinski definition) is 1. The zero-order valence-electron chi connectivity index (χ0n) is 16.0. The monoisotopic (exact) mass is 409 g/mol. The SMILES string of the molecule is CN=C(NCC(C)(C)c1ccc(Br)cc1)N(C)CCC1CCOCC1. The average molecular weight is 410 g/mol. The first-order valence-corrected chi connectivity index (χ1v) is 9.97. The summed E-state index contributed by atoms with van der Waals surface area (Å²) in [6.07, 6.45) is 3.59. The van der Waals surface area contributed by atoms with E-state index in [1.807, 2.05) is 7.05 Å². The third-order valence-electron chi connectivity index (χ3n) is 5.10. The molecule has 5 heteroatoms. The molecule has 0 aliphatic carbocycles. The van der Waals surface area contributed by atoms with Crippen molar-refractivity contribution in [1.29, 1.82) is 0 Å². The van der Waals surface area contributed by atoms with Crippen molar-refractivity contribution in [3.05, 3.63) is 34.3 Å². The molecule has 140 valence electrons. The van der Waals surface area contributed by atoms with Crippen LogP contribution in [0.2, 0.25) is 0 Å². The molecule has 1 N–H and O–H groups in total. The van der Waals surface area contributed by atoms with Gasteiger partial charge in [-0.2, -0.15) is 0 Å². The van der Waals surface area contributed by atoms with Gasteiger partial charge in [-0.15, -0.1) is 0 Å². The lowest BCUT2D eigenvalue weighted by molar-refractivity contribution is 0.0625. The standard InChI is InChI=1S/C20H32BrN3O/c1-20(2,17-5-7-18(21)8-6-17)15-23-19(22-3)24(4)12-9-16-10-13-25-14-11-16/h5-8,16H,9-15H2,1-4H3,(H,22,23). The van der Waals surface area contributed by atoms with Crippen LogP contribution in [0.25, 0.3) is 0 Å². The fourth-order valence-corrected chi connectivity index (χ4v) is 3.47. The third kappa shape index (κ3) is 6.30. The Kier molecular flexibility index (Phi) is 7.76. The van der Waals surface area contributed by atoms with Crippen LogP contribution in [0.4, 0.5) is 0 Å². The Morgan fingerprint density at radius 2 is 1.92 bits per heavy atom. The van der Waals surface area contributed by atoms with Crippen LogP contribution in [0.3, 0.4) is 0 Å². The molecule has 1 aliphatic heterocycles. The lowest BCUT2D eigenvalue weighted by Crippen LogP contribution is -2.44. The van der Waals surface area contributed by atoms with E-state index in [1.54, 1.807) is 0 Å². The van der Waals surface area contributed by atoms with Crippen molar-refractivity contribution < 1.29 is 4.74 Å². The summed E-state index contributed by atoms with van der Waals surface area (Å²) in [5.41, 5.74) is 1.36.